The Bertz CT molecular complexity index is 913. The van der Waals surface area contributed by atoms with E-state index >= 15 is 0 Å². The second kappa shape index (κ2) is 5.09. The van der Waals surface area contributed by atoms with Crippen molar-refractivity contribution < 1.29 is 0 Å². The minimum Gasteiger partial charge on any atom is -0.325 e. The number of anilines is 1. The van der Waals surface area contributed by atoms with E-state index in [9.17, 15) is 0 Å². The molecule has 7 heteroatoms. The van der Waals surface area contributed by atoms with Crippen LogP contribution in [0.5, 0.6) is 0 Å². The average molecular weight is 360 g/mol. The summed E-state index contributed by atoms with van der Waals surface area (Å²) in [5.74, 6) is 0.821. The van der Waals surface area contributed by atoms with E-state index in [4.69, 9.17) is 0 Å². The molecule has 104 valence electrons. The fourth-order valence-corrected chi connectivity index (χ4v) is 3.35. The predicted octanol–water partition coefficient (Wildman–Crippen LogP) is 1.73. The highest BCUT2D eigenvalue weighted by atomic mass is 79.9. The summed E-state index contributed by atoms with van der Waals surface area (Å²) < 4.78 is 6.44. The van der Waals surface area contributed by atoms with Crippen molar-refractivity contribution in [2.75, 3.05) is 11.4 Å². The molecule has 1 aliphatic rings. The zero-order valence-electron chi connectivity index (χ0n) is 10.8. The first-order chi connectivity index (χ1) is 10.3. The van der Waals surface area contributed by atoms with Gasteiger partial charge in [0.2, 0.25) is 0 Å². The summed E-state index contributed by atoms with van der Waals surface area (Å²) in [5, 5.41) is 12.5. The molecule has 0 radical (unpaired) electrons. The number of nitrogens with zero attached hydrogens (tertiary/aromatic N) is 4. The molecule has 5 nitrogen and oxygen atoms in total. The molecule has 1 aliphatic heterocycles. The van der Waals surface area contributed by atoms with Crippen molar-refractivity contribution >= 4 is 45.6 Å². The lowest BCUT2D eigenvalue weighted by atomic mass is 10.1. The topological polar surface area (TPSA) is 57.7 Å². The fourth-order valence-electron chi connectivity index (χ4n) is 2.31. The molecule has 4 rings (SSSR count). The number of hydrogen-bond donors (Lipinski definition) is 1. The van der Waals surface area contributed by atoms with E-state index in [1.165, 1.54) is 16.1 Å². The Labute approximate surface area is 132 Å². The van der Waals surface area contributed by atoms with Crippen molar-refractivity contribution in [3.63, 3.8) is 0 Å². The number of aromatic amines is 1. The molecule has 0 saturated heterocycles. The zero-order valence-corrected chi connectivity index (χ0v) is 13.2. The first kappa shape index (κ1) is 12.7. The van der Waals surface area contributed by atoms with E-state index in [1.54, 1.807) is 0 Å². The van der Waals surface area contributed by atoms with Gasteiger partial charge in [0, 0.05) is 34.2 Å². The number of hydrogen-bond acceptors (Lipinski definition) is 5. The van der Waals surface area contributed by atoms with Crippen molar-refractivity contribution in [2.24, 2.45) is 0 Å². The largest absolute Gasteiger partial charge is 0.325 e. The number of fused-ring (bicyclic) bond motifs is 1. The highest BCUT2D eigenvalue weighted by Crippen LogP contribution is 2.28. The van der Waals surface area contributed by atoms with E-state index in [1.807, 2.05) is 30.5 Å². The van der Waals surface area contributed by atoms with E-state index in [0.29, 0.717) is 0 Å². The first-order valence-corrected chi connectivity index (χ1v) is 7.94. The van der Waals surface area contributed by atoms with Crippen LogP contribution < -0.4 is 14.7 Å². The van der Waals surface area contributed by atoms with Gasteiger partial charge in [0.1, 0.15) is 5.69 Å². The van der Waals surface area contributed by atoms with Crippen LogP contribution in [0.25, 0.3) is 23.5 Å². The van der Waals surface area contributed by atoms with Gasteiger partial charge in [0.05, 0.1) is 4.53 Å². The lowest BCUT2D eigenvalue weighted by Gasteiger charge is -2.18. The van der Waals surface area contributed by atoms with Gasteiger partial charge in [-0.15, -0.1) is 5.10 Å². The van der Waals surface area contributed by atoms with Crippen LogP contribution in [0, 0.1) is 0 Å². The van der Waals surface area contributed by atoms with Gasteiger partial charge in [-0.05, 0) is 29.7 Å². The zero-order chi connectivity index (χ0) is 14.2. The number of aromatic nitrogens is 4. The van der Waals surface area contributed by atoms with Gasteiger partial charge in [0.25, 0.3) is 0 Å². The van der Waals surface area contributed by atoms with Gasteiger partial charge in [-0.2, -0.15) is 14.7 Å². The molecule has 3 heterocycles. The molecule has 0 fully saturated rings. The minimum atomic E-state index is 0.767. The second-order valence-electron chi connectivity index (χ2n) is 4.64. The third-order valence-electron chi connectivity index (χ3n) is 3.30. The van der Waals surface area contributed by atoms with Crippen LogP contribution in [0.4, 0.5) is 5.82 Å². The Morgan fingerprint density at radius 1 is 1.29 bits per heavy atom. The van der Waals surface area contributed by atoms with Gasteiger partial charge >= 0.3 is 0 Å². The van der Waals surface area contributed by atoms with E-state index < -0.39 is 0 Å². The molecule has 0 atom stereocenters. The Morgan fingerprint density at radius 2 is 2.24 bits per heavy atom. The lowest BCUT2D eigenvalue weighted by Crippen LogP contribution is -2.32. The summed E-state index contributed by atoms with van der Waals surface area (Å²) in [6, 6.07) is 8.04. The first-order valence-electron chi connectivity index (χ1n) is 6.37. The number of H-pyrrole nitrogens is 1. The normalized spacial score (nSPS) is 13.5. The van der Waals surface area contributed by atoms with Crippen molar-refractivity contribution in [2.45, 2.75) is 0 Å². The van der Waals surface area contributed by atoms with Crippen molar-refractivity contribution in [1.82, 2.24) is 19.8 Å². The summed E-state index contributed by atoms with van der Waals surface area (Å²) >= 11 is 5.01. The minimum absolute atomic E-state index is 0.767. The summed E-state index contributed by atoms with van der Waals surface area (Å²) in [5.41, 5.74) is 1.86. The smallest absolute Gasteiger partial charge is 0.183 e. The lowest BCUT2D eigenvalue weighted by molar-refractivity contribution is 0.932. The summed E-state index contributed by atoms with van der Waals surface area (Å²) in [4.78, 5) is 2.08. The average Bonchev–Trinajstić information content (AvgIpc) is 3.15. The highest BCUT2D eigenvalue weighted by Gasteiger charge is 2.17. The van der Waals surface area contributed by atoms with Gasteiger partial charge in [0.15, 0.2) is 5.82 Å². The van der Waals surface area contributed by atoms with Gasteiger partial charge in [-0.1, -0.05) is 28.1 Å². The molecular weight excluding hydrogens is 350 g/mol. The van der Waals surface area contributed by atoms with E-state index in [0.717, 1.165) is 33.3 Å². The van der Waals surface area contributed by atoms with Crippen LogP contribution in [0.2, 0.25) is 0 Å². The number of halogens is 1. The molecule has 2 aromatic heterocycles. The molecule has 1 N–H and O–H groups in total. The monoisotopic (exact) mass is 359 g/mol. The van der Waals surface area contributed by atoms with Gasteiger partial charge in [-0.25, -0.2) is 0 Å². The maximum Gasteiger partial charge on any atom is 0.183 e. The van der Waals surface area contributed by atoms with Gasteiger partial charge < -0.3 is 4.90 Å². The molecule has 0 spiro atoms. The van der Waals surface area contributed by atoms with Crippen molar-refractivity contribution in [3.05, 3.63) is 44.7 Å². The Hall–Kier alpha value is -1.99. The summed E-state index contributed by atoms with van der Waals surface area (Å²) in [6.07, 6.45) is 6.10. The third-order valence-corrected chi connectivity index (χ3v) is 4.60. The highest BCUT2D eigenvalue weighted by molar-refractivity contribution is 9.10. The number of benzene rings is 1. The van der Waals surface area contributed by atoms with E-state index in [-0.39, 0.29) is 0 Å². The van der Waals surface area contributed by atoms with Crippen LogP contribution in [-0.2, 0) is 0 Å². The molecule has 0 saturated carbocycles. The number of nitrogens with one attached hydrogen (secondary N) is 1. The predicted molar refractivity (Wildman–Crippen MR) is 87.2 cm³/mol. The maximum absolute atomic E-state index is 4.31. The Morgan fingerprint density at radius 3 is 3.14 bits per heavy atom. The Balaban J connectivity index is 1.80. The molecule has 21 heavy (non-hydrogen) atoms. The molecule has 0 unspecified atom stereocenters. The maximum atomic E-state index is 4.31. The van der Waals surface area contributed by atoms with Crippen LogP contribution in [0.1, 0.15) is 0 Å². The van der Waals surface area contributed by atoms with Crippen LogP contribution in [0.15, 0.2) is 34.9 Å². The van der Waals surface area contributed by atoms with E-state index in [2.05, 4.69) is 52.9 Å². The van der Waals surface area contributed by atoms with Gasteiger partial charge in [-0.3, -0.25) is 0 Å². The summed E-state index contributed by atoms with van der Waals surface area (Å²) in [6.45, 7) is 0.767. The third kappa shape index (κ3) is 2.28. The molecule has 0 aliphatic carbocycles. The molecule has 3 aromatic rings. The number of rotatable bonds is 2. The van der Waals surface area contributed by atoms with Crippen molar-refractivity contribution in [1.29, 1.82) is 0 Å². The summed E-state index contributed by atoms with van der Waals surface area (Å²) in [7, 11) is 0. The fraction of sp³-hybridized carbons (Fsp3) is 0.0714. The molecule has 0 amide bonds. The van der Waals surface area contributed by atoms with Crippen LogP contribution >= 0.6 is 27.5 Å². The quantitative estimate of drug-likeness (QED) is 0.756. The van der Waals surface area contributed by atoms with Crippen molar-refractivity contribution in [3.8, 4) is 11.3 Å². The standard InChI is InChI=1S/C14H10BrN5S/c15-11-3-1-2-9(6-11)13-14(18-19-17-13)20-5-4-12-10(8-20)7-16-21-12/h1-4,6-8H,5H2,(H,17,18,19). The van der Waals surface area contributed by atoms with Crippen LogP contribution in [0.3, 0.4) is 0 Å². The molecule has 1 aromatic carbocycles. The Kier molecular flexibility index (Phi) is 3.08. The molecule has 0 bridgehead atoms. The molecular formula is C14H10BrN5S. The van der Waals surface area contributed by atoms with Crippen LogP contribution in [-0.4, -0.2) is 26.3 Å². The second-order valence-corrected chi connectivity index (χ2v) is 6.39. The SMILES string of the molecule is Brc1cccc(-c2n[nH]nc2N2C=c3cnsc3=CC2)c1.